The Hall–Kier alpha value is -2.82. The summed E-state index contributed by atoms with van der Waals surface area (Å²) in [7, 11) is 0. The van der Waals surface area contributed by atoms with Crippen molar-refractivity contribution in [2.75, 3.05) is 5.32 Å². The second kappa shape index (κ2) is 8.04. The van der Waals surface area contributed by atoms with Gasteiger partial charge in [0.05, 0.1) is 15.6 Å². The highest BCUT2D eigenvalue weighted by molar-refractivity contribution is 6.34. The zero-order valence-corrected chi connectivity index (χ0v) is 15.0. The van der Waals surface area contributed by atoms with Gasteiger partial charge in [-0.1, -0.05) is 71.7 Å². The van der Waals surface area contributed by atoms with Crippen LogP contribution in [-0.4, -0.2) is 11.9 Å². The smallest absolute Gasteiger partial charge is 0.308 e. The van der Waals surface area contributed by atoms with Crippen LogP contribution in [0.4, 0.5) is 10.5 Å². The molecular weight excluding hydrogens is 371 g/mol. The van der Waals surface area contributed by atoms with E-state index in [4.69, 9.17) is 23.2 Å². The molecule has 6 heteroatoms. The van der Waals surface area contributed by atoms with Crippen molar-refractivity contribution < 1.29 is 9.59 Å². The first kappa shape index (κ1) is 18.0. The van der Waals surface area contributed by atoms with Gasteiger partial charge in [-0.3, -0.25) is 10.1 Å². The van der Waals surface area contributed by atoms with Crippen LogP contribution >= 0.6 is 23.2 Å². The summed E-state index contributed by atoms with van der Waals surface area (Å²) >= 11 is 12.3. The molecule has 0 saturated heterocycles. The molecule has 0 radical (unpaired) electrons. The molecule has 0 unspecified atom stereocenters. The number of hydrogen-bond acceptors (Lipinski definition) is 2. The van der Waals surface area contributed by atoms with Crippen LogP contribution in [0.15, 0.2) is 72.8 Å². The van der Waals surface area contributed by atoms with Gasteiger partial charge in [-0.25, -0.2) is 4.79 Å². The molecule has 0 spiro atoms. The molecule has 3 aromatic carbocycles. The summed E-state index contributed by atoms with van der Waals surface area (Å²) in [6.07, 6.45) is 0. The SMILES string of the molecule is O=C(NC(=O)c1ccccc1Cl)Nc1ccc(-c2ccccc2)c(Cl)c1. The monoisotopic (exact) mass is 384 g/mol. The number of imide groups is 1. The number of anilines is 1. The standard InChI is InChI=1S/C20H14Cl2N2O2/c21-17-9-5-4-8-16(17)19(25)24-20(26)23-14-10-11-15(18(22)12-14)13-6-2-1-3-7-13/h1-12H,(H2,23,24,25,26). The number of nitrogens with one attached hydrogen (secondary N) is 2. The number of hydrogen-bond donors (Lipinski definition) is 2. The van der Waals surface area contributed by atoms with Crippen molar-refractivity contribution in [1.29, 1.82) is 0 Å². The molecule has 3 aromatic rings. The van der Waals surface area contributed by atoms with Gasteiger partial charge < -0.3 is 5.32 Å². The normalized spacial score (nSPS) is 10.2. The van der Waals surface area contributed by atoms with Crippen LogP contribution in [0.3, 0.4) is 0 Å². The quantitative estimate of drug-likeness (QED) is 0.615. The van der Waals surface area contributed by atoms with E-state index in [9.17, 15) is 9.59 Å². The van der Waals surface area contributed by atoms with Crippen LogP contribution in [0.5, 0.6) is 0 Å². The minimum atomic E-state index is -0.668. The summed E-state index contributed by atoms with van der Waals surface area (Å²) in [6, 6.07) is 20.6. The van der Waals surface area contributed by atoms with Crippen molar-refractivity contribution in [2.24, 2.45) is 0 Å². The van der Waals surface area contributed by atoms with Crippen molar-refractivity contribution in [3.8, 4) is 11.1 Å². The fourth-order valence-corrected chi connectivity index (χ4v) is 2.93. The largest absolute Gasteiger partial charge is 0.326 e. The fraction of sp³-hybridized carbons (Fsp3) is 0. The predicted molar refractivity (Wildman–Crippen MR) is 105 cm³/mol. The molecule has 3 amide bonds. The lowest BCUT2D eigenvalue weighted by atomic mass is 10.1. The highest BCUT2D eigenvalue weighted by Gasteiger charge is 2.13. The van der Waals surface area contributed by atoms with Gasteiger partial charge in [0, 0.05) is 11.3 Å². The van der Waals surface area contributed by atoms with E-state index in [0.29, 0.717) is 10.7 Å². The molecule has 0 saturated carbocycles. The van der Waals surface area contributed by atoms with Crippen LogP contribution in [0.1, 0.15) is 10.4 Å². The third-order valence-corrected chi connectivity index (χ3v) is 4.30. The van der Waals surface area contributed by atoms with E-state index >= 15 is 0 Å². The van der Waals surface area contributed by atoms with Crippen LogP contribution in [0.25, 0.3) is 11.1 Å². The van der Waals surface area contributed by atoms with Gasteiger partial charge in [0.15, 0.2) is 0 Å². The molecule has 0 atom stereocenters. The number of rotatable bonds is 3. The Labute approximate surface area is 160 Å². The minimum Gasteiger partial charge on any atom is -0.308 e. The molecule has 3 rings (SSSR count). The molecule has 0 fully saturated rings. The zero-order chi connectivity index (χ0) is 18.5. The average Bonchev–Trinajstić information content (AvgIpc) is 2.62. The van der Waals surface area contributed by atoms with Crippen molar-refractivity contribution in [2.45, 2.75) is 0 Å². The molecule has 2 N–H and O–H groups in total. The lowest BCUT2D eigenvalue weighted by Crippen LogP contribution is -2.34. The van der Waals surface area contributed by atoms with Gasteiger partial charge in [-0.05, 0) is 29.8 Å². The Bertz CT molecular complexity index is 959. The maximum absolute atomic E-state index is 12.1. The zero-order valence-electron chi connectivity index (χ0n) is 13.5. The van der Waals surface area contributed by atoms with Gasteiger partial charge in [-0.2, -0.15) is 0 Å². The van der Waals surface area contributed by atoms with Gasteiger partial charge >= 0.3 is 6.03 Å². The molecule has 26 heavy (non-hydrogen) atoms. The van der Waals surface area contributed by atoms with E-state index < -0.39 is 11.9 Å². The topological polar surface area (TPSA) is 58.2 Å². The molecule has 0 aliphatic carbocycles. The third-order valence-electron chi connectivity index (χ3n) is 3.66. The van der Waals surface area contributed by atoms with Crippen molar-refractivity contribution in [3.05, 3.63) is 88.4 Å². The third kappa shape index (κ3) is 4.23. The first-order valence-corrected chi connectivity index (χ1v) is 8.52. The van der Waals surface area contributed by atoms with Crippen molar-refractivity contribution in [3.63, 3.8) is 0 Å². The summed E-state index contributed by atoms with van der Waals surface area (Å²) in [4.78, 5) is 24.1. The maximum Gasteiger partial charge on any atom is 0.326 e. The summed E-state index contributed by atoms with van der Waals surface area (Å²) in [6.45, 7) is 0. The molecular formula is C20H14Cl2N2O2. The van der Waals surface area contributed by atoms with Gasteiger partial charge in [0.1, 0.15) is 0 Å². The lowest BCUT2D eigenvalue weighted by Gasteiger charge is -2.10. The van der Waals surface area contributed by atoms with E-state index in [0.717, 1.165) is 11.1 Å². The molecule has 0 aromatic heterocycles. The van der Waals surface area contributed by atoms with Crippen molar-refractivity contribution in [1.82, 2.24) is 5.32 Å². The summed E-state index contributed by atoms with van der Waals surface area (Å²) in [5.41, 5.74) is 2.52. The highest BCUT2D eigenvalue weighted by atomic mass is 35.5. The van der Waals surface area contributed by atoms with E-state index in [1.807, 2.05) is 36.4 Å². The Morgan fingerprint density at radius 3 is 2.15 bits per heavy atom. The molecule has 0 aliphatic rings. The molecule has 0 aliphatic heterocycles. The first-order chi connectivity index (χ1) is 12.5. The van der Waals surface area contributed by atoms with Crippen LogP contribution < -0.4 is 10.6 Å². The van der Waals surface area contributed by atoms with Crippen LogP contribution in [-0.2, 0) is 0 Å². The van der Waals surface area contributed by atoms with E-state index in [-0.39, 0.29) is 10.6 Å². The number of benzene rings is 3. The molecule has 4 nitrogen and oxygen atoms in total. The van der Waals surface area contributed by atoms with Gasteiger partial charge in [0.25, 0.3) is 5.91 Å². The number of carbonyl (C=O) groups excluding carboxylic acids is 2. The van der Waals surface area contributed by atoms with Gasteiger partial charge in [0.2, 0.25) is 0 Å². The van der Waals surface area contributed by atoms with Crippen LogP contribution in [0, 0.1) is 0 Å². The highest BCUT2D eigenvalue weighted by Crippen LogP contribution is 2.30. The number of urea groups is 1. The summed E-state index contributed by atoms with van der Waals surface area (Å²) < 4.78 is 0. The summed E-state index contributed by atoms with van der Waals surface area (Å²) in [5.74, 6) is -0.583. The maximum atomic E-state index is 12.1. The number of carbonyl (C=O) groups is 2. The van der Waals surface area contributed by atoms with Crippen molar-refractivity contribution >= 4 is 40.8 Å². The second-order valence-corrected chi connectivity index (χ2v) is 6.26. The van der Waals surface area contributed by atoms with E-state index in [2.05, 4.69) is 10.6 Å². The second-order valence-electron chi connectivity index (χ2n) is 5.45. The van der Waals surface area contributed by atoms with Gasteiger partial charge in [-0.15, -0.1) is 0 Å². The van der Waals surface area contributed by atoms with E-state index in [1.54, 1.807) is 30.3 Å². The lowest BCUT2D eigenvalue weighted by molar-refractivity contribution is 0.0967. The number of halogens is 2. The fourth-order valence-electron chi connectivity index (χ4n) is 2.42. The Balaban J connectivity index is 1.69. The van der Waals surface area contributed by atoms with Crippen LogP contribution in [0.2, 0.25) is 10.0 Å². The molecule has 130 valence electrons. The minimum absolute atomic E-state index is 0.224. The Kier molecular flexibility index (Phi) is 5.56. The Morgan fingerprint density at radius 2 is 1.46 bits per heavy atom. The Morgan fingerprint density at radius 1 is 0.769 bits per heavy atom. The predicted octanol–water partition coefficient (Wildman–Crippen LogP) is 5.62. The van der Waals surface area contributed by atoms with E-state index in [1.165, 1.54) is 6.07 Å². The summed E-state index contributed by atoms with van der Waals surface area (Å²) in [5, 5.41) is 5.58. The first-order valence-electron chi connectivity index (χ1n) is 7.76. The molecule has 0 bridgehead atoms. The number of amides is 3. The molecule has 0 heterocycles. The average molecular weight is 385 g/mol.